The van der Waals surface area contributed by atoms with Crippen molar-refractivity contribution in [1.29, 1.82) is 0 Å². The first-order valence-corrected chi connectivity index (χ1v) is 6.60. The van der Waals surface area contributed by atoms with E-state index < -0.39 is 0 Å². The van der Waals surface area contributed by atoms with Crippen LogP contribution in [0.25, 0.3) is 0 Å². The third-order valence-electron chi connectivity index (χ3n) is 3.85. The highest BCUT2D eigenvalue weighted by molar-refractivity contribution is 5.43. The maximum absolute atomic E-state index is 9.14. The molecule has 0 radical (unpaired) electrons. The molecule has 0 aliphatic rings. The second-order valence-corrected chi connectivity index (χ2v) is 4.93. The second kappa shape index (κ2) is 7.48. The number of benzene rings is 1. The predicted octanol–water partition coefficient (Wildman–Crippen LogP) is 1.14. The van der Waals surface area contributed by atoms with Crippen LogP contribution in [0.1, 0.15) is 16.7 Å². The van der Waals surface area contributed by atoms with Crippen molar-refractivity contribution in [3.63, 3.8) is 0 Å². The Morgan fingerprint density at radius 2 is 1.79 bits per heavy atom. The molecule has 1 rings (SSSR count). The maximum atomic E-state index is 9.14. The standard InChI is InChI=1S/C15H25NO3/c1-11-12(2)15(19-4)6-5-13(11)7-8-16(3)14(9-17)10-18/h5-6,14,17-18H,7-10H2,1-4H3. The van der Waals surface area contributed by atoms with E-state index in [-0.39, 0.29) is 19.3 Å². The van der Waals surface area contributed by atoms with Crippen LogP contribution in [0.2, 0.25) is 0 Å². The molecule has 0 saturated carbocycles. The van der Waals surface area contributed by atoms with E-state index in [4.69, 9.17) is 14.9 Å². The number of rotatable bonds is 7. The minimum atomic E-state index is -0.181. The average Bonchev–Trinajstić information content (AvgIpc) is 2.42. The number of aliphatic hydroxyl groups excluding tert-OH is 2. The van der Waals surface area contributed by atoms with E-state index in [0.29, 0.717) is 0 Å². The van der Waals surface area contributed by atoms with Gasteiger partial charge in [-0.1, -0.05) is 6.07 Å². The van der Waals surface area contributed by atoms with Gasteiger partial charge in [-0.25, -0.2) is 0 Å². The number of ether oxygens (including phenoxy) is 1. The van der Waals surface area contributed by atoms with Crippen LogP contribution in [-0.4, -0.2) is 55.1 Å². The normalized spacial score (nSPS) is 11.4. The van der Waals surface area contributed by atoms with Gasteiger partial charge < -0.3 is 14.9 Å². The third kappa shape index (κ3) is 3.93. The van der Waals surface area contributed by atoms with Crippen molar-refractivity contribution in [3.8, 4) is 5.75 Å². The summed E-state index contributed by atoms with van der Waals surface area (Å²) in [6.45, 7) is 4.92. The highest BCUT2D eigenvalue weighted by atomic mass is 16.5. The monoisotopic (exact) mass is 267 g/mol. The zero-order chi connectivity index (χ0) is 14.4. The molecule has 0 heterocycles. The van der Waals surface area contributed by atoms with Crippen LogP contribution in [0.3, 0.4) is 0 Å². The molecule has 4 nitrogen and oxygen atoms in total. The van der Waals surface area contributed by atoms with Gasteiger partial charge >= 0.3 is 0 Å². The molecule has 1 aromatic rings. The van der Waals surface area contributed by atoms with Crippen molar-refractivity contribution in [3.05, 3.63) is 28.8 Å². The minimum absolute atomic E-state index is 0.0202. The lowest BCUT2D eigenvalue weighted by Crippen LogP contribution is -2.38. The summed E-state index contributed by atoms with van der Waals surface area (Å²) < 4.78 is 5.30. The van der Waals surface area contributed by atoms with Crippen molar-refractivity contribution in [2.75, 3.05) is 33.9 Å². The van der Waals surface area contributed by atoms with Gasteiger partial charge in [0.25, 0.3) is 0 Å². The lowest BCUT2D eigenvalue weighted by molar-refractivity contribution is 0.0925. The fourth-order valence-electron chi connectivity index (χ4n) is 2.16. The van der Waals surface area contributed by atoms with E-state index >= 15 is 0 Å². The fraction of sp³-hybridized carbons (Fsp3) is 0.600. The molecule has 0 amide bonds. The number of methoxy groups -OCH3 is 1. The van der Waals surface area contributed by atoms with Crippen LogP contribution < -0.4 is 4.74 Å². The number of nitrogens with zero attached hydrogens (tertiary/aromatic N) is 1. The van der Waals surface area contributed by atoms with E-state index in [9.17, 15) is 0 Å². The van der Waals surface area contributed by atoms with Crippen molar-refractivity contribution < 1.29 is 14.9 Å². The Labute approximate surface area is 115 Å². The number of likely N-dealkylation sites (N-methyl/N-ethyl adjacent to an activating group) is 1. The molecule has 0 aliphatic carbocycles. The van der Waals surface area contributed by atoms with Gasteiger partial charge in [-0.05, 0) is 50.1 Å². The topological polar surface area (TPSA) is 52.9 Å². The van der Waals surface area contributed by atoms with Crippen molar-refractivity contribution in [1.82, 2.24) is 4.90 Å². The van der Waals surface area contributed by atoms with Crippen LogP contribution in [0.4, 0.5) is 0 Å². The molecule has 0 saturated heterocycles. The second-order valence-electron chi connectivity index (χ2n) is 4.93. The average molecular weight is 267 g/mol. The van der Waals surface area contributed by atoms with Crippen molar-refractivity contribution in [2.45, 2.75) is 26.3 Å². The third-order valence-corrected chi connectivity index (χ3v) is 3.85. The largest absolute Gasteiger partial charge is 0.496 e. The van der Waals surface area contributed by atoms with Gasteiger partial charge in [-0.2, -0.15) is 0 Å². The molecule has 0 aromatic heterocycles. The lowest BCUT2D eigenvalue weighted by Gasteiger charge is -2.25. The molecule has 0 fully saturated rings. The summed E-state index contributed by atoms with van der Waals surface area (Å²) >= 11 is 0. The Morgan fingerprint density at radius 1 is 1.16 bits per heavy atom. The highest BCUT2D eigenvalue weighted by Crippen LogP contribution is 2.24. The van der Waals surface area contributed by atoms with E-state index in [0.717, 1.165) is 18.7 Å². The Bertz CT molecular complexity index is 403. The summed E-state index contributed by atoms with van der Waals surface area (Å²) in [4.78, 5) is 1.99. The maximum Gasteiger partial charge on any atom is 0.122 e. The summed E-state index contributed by atoms with van der Waals surface area (Å²) in [5.74, 6) is 0.915. The first kappa shape index (κ1) is 16.0. The first-order chi connectivity index (χ1) is 9.04. The number of hydrogen-bond acceptors (Lipinski definition) is 4. The van der Waals surface area contributed by atoms with E-state index in [2.05, 4.69) is 19.9 Å². The molecule has 0 spiro atoms. The summed E-state index contributed by atoms with van der Waals surface area (Å²) in [5, 5.41) is 18.3. The molecule has 108 valence electrons. The van der Waals surface area contributed by atoms with Crippen LogP contribution in [0, 0.1) is 13.8 Å². The summed E-state index contributed by atoms with van der Waals surface area (Å²) in [7, 11) is 3.60. The molecule has 0 aliphatic heterocycles. The van der Waals surface area contributed by atoms with Gasteiger partial charge in [0, 0.05) is 6.54 Å². The molecule has 19 heavy (non-hydrogen) atoms. The Morgan fingerprint density at radius 3 is 2.32 bits per heavy atom. The molecule has 2 N–H and O–H groups in total. The summed E-state index contributed by atoms with van der Waals surface area (Å²) in [6, 6.07) is 3.90. The van der Waals surface area contributed by atoms with Gasteiger partial charge in [0.1, 0.15) is 5.75 Å². The number of aliphatic hydroxyl groups is 2. The van der Waals surface area contributed by atoms with Crippen molar-refractivity contribution in [2.24, 2.45) is 0 Å². The van der Waals surface area contributed by atoms with E-state index in [1.165, 1.54) is 16.7 Å². The van der Waals surface area contributed by atoms with Crippen molar-refractivity contribution >= 4 is 0 Å². The molecular formula is C15H25NO3. The minimum Gasteiger partial charge on any atom is -0.496 e. The van der Waals surface area contributed by atoms with Crippen LogP contribution in [0.5, 0.6) is 5.75 Å². The Balaban J connectivity index is 2.71. The van der Waals surface area contributed by atoms with Gasteiger partial charge in [-0.3, -0.25) is 4.90 Å². The van der Waals surface area contributed by atoms with Gasteiger partial charge in [0.2, 0.25) is 0 Å². The van der Waals surface area contributed by atoms with Crippen LogP contribution in [-0.2, 0) is 6.42 Å². The van der Waals surface area contributed by atoms with E-state index in [1.54, 1.807) is 7.11 Å². The zero-order valence-corrected chi connectivity index (χ0v) is 12.3. The van der Waals surface area contributed by atoms with E-state index in [1.807, 2.05) is 18.0 Å². The van der Waals surface area contributed by atoms with Crippen LogP contribution in [0.15, 0.2) is 12.1 Å². The SMILES string of the molecule is COc1ccc(CCN(C)C(CO)CO)c(C)c1C. The molecule has 1 aromatic carbocycles. The first-order valence-electron chi connectivity index (χ1n) is 6.60. The van der Waals surface area contributed by atoms with Gasteiger partial charge in [0.05, 0.1) is 26.4 Å². The predicted molar refractivity (Wildman–Crippen MR) is 76.8 cm³/mol. The highest BCUT2D eigenvalue weighted by Gasteiger charge is 2.13. The summed E-state index contributed by atoms with van der Waals surface area (Å²) in [6.07, 6.45) is 0.893. The lowest BCUT2D eigenvalue weighted by atomic mass is 9.99. The fourth-order valence-corrected chi connectivity index (χ4v) is 2.16. The summed E-state index contributed by atoms with van der Waals surface area (Å²) in [5.41, 5.74) is 3.69. The Kier molecular flexibility index (Phi) is 6.28. The number of hydrogen-bond donors (Lipinski definition) is 2. The van der Waals surface area contributed by atoms with Gasteiger partial charge in [-0.15, -0.1) is 0 Å². The Hall–Kier alpha value is -1.10. The van der Waals surface area contributed by atoms with Gasteiger partial charge in [0.15, 0.2) is 0 Å². The quantitative estimate of drug-likeness (QED) is 0.778. The smallest absolute Gasteiger partial charge is 0.122 e. The molecule has 0 unspecified atom stereocenters. The van der Waals surface area contributed by atoms with Crippen LogP contribution >= 0.6 is 0 Å². The zero-order valence-electron chi connectivity index (χ0n) is 12.3. The molecular weight excluding hydrogens is 242 g/mol. The molecule has 0 bridgehead atoms. The molecule has 0 atom stereocenters. The molecule has 4 heteroatoms.